The van der Waals surface area contributed by atoms with E-state index in [0.717, 1.165) is 11.5 Å². The van der Waals surface area contributed by atoms with Crippen LogP contribution in [0.2, 0.25) is 0 Å². The SMILES string of the molecule is O=C(NCCOc1ccc(F)cc1)c1cc(S(=O)(=O)N2CCSCC2)c[nH]1. The molecule has 7 nitrogen and oxygen atoms in total. The van der Waals surface area contributed by atoms with Gasteiger partial charge in [-0.05, 0) is 30.3 Å². The zero-order valence-electron chi connectivity index (χ0n) is 14.5. The second-order valence-electron chi connectivity index (χ2n) is 5.82. The van der Waals surface area contributed by atoms with Gasteiger partial charge in [0.25, 0.3) is 5.91 Å². The van der Waals surface area contributed by atoms with Crippen molar-refractivity contribution in [1.29, 1.82) is 0 Å². The first-order valence-corrected chi connectivity index (χ1v) is 11.0. The van der Waals surface area contributed by atoms with E-state index >= 15 is 0 Å². The number of thioether (sulfide) groups is 1. The zero-order chi connectivity index (χ0) is 19.3. The molecule has 1 aromatic heterocycles. The summed E-state index contributed by atoms with van der Waals surface area (Å²) in [5, 5.41) is 2.64. The van der Waals surface area contributed by atoms with E-state index in [1.54, 1.807) is 11.8 Å². The maximum Gasteiger partial charge on any atom is 0.267 e. The molecule has 0 unspecified atom stereocenters. The third-order valence-electron chi connectivity index (χ3n) is 3.98. The fourth-order valence-corrected chi connectivity index (χ4v) is 5.12. The van der Waals surface area contributed by atoms with Gasteiger partial charge in [0.1, 0.15) is 28.8 Å². The van der Waals surface area contributed by atoms with Crippen LogP contribution in [0.3, 0.4) is 0 Å². The first-order chi connectivity index (χ1) is 13.0. The topological polar surface area (TPSA) is 91.5 Å². The molecule has 1 amide bonds. The summed E-state index contributed by atoms with van der Waals surface area (Å²) in [6.07, 6.45) is 1.33. The highest BCUT2D eigenvalue weighted by Crippen LogP contribution is 2.20. The van der Waals surface area contributed by atoms with Crippen LogP contribution in [0.4, 0.5) is 4.39 Å². The van der Waals surface area contributed by atoms with Crippen molar-refractivity contribution in [2.45, 2.75) is 4.90 Å². The Bertz CT molecular complexity index is 878. The molecule has 146 valence electrons. The van der Waals surface area contributed by atoms with Crippen molar-refractivity contribution in [2.75, 3.05) is 37.7 Å². The quantitative estimate of drug-likeness (QED) is 0.674. The minimum absolute atomic E-state index is 0.0853. The van der Waals surface area contributed by atoms with Crippen LogP contribution in [0.5, 0.6) is 5.75 Å². The Balaban J connectivity index is 1.51. The number of benzene rings is 1. The summed E-state index contributed by atoms with van der Waals surface area (Å²) in [6.45, 7) is 1.37. The van der Waals surface area contributed by atoms with Crippen LogP contribution in [-0.4, -0.2) is 61.4 Å². The van der Waals surface area contributed by atoms with Crippen LogP contribution in [0.1, 0.15) is 10.5 Å². The molecule has 0 atom stereocenters. The van der Waals surface area contributed by atoms with E-state index in [9.17, 15) is 17.6 Å². The molecular formula is C17H20FN3O4S2. The van der Waals surface area contributed by atoms with Gasteiger partial charge in [-0.3, -0.25) is 4.79 Å². The van der Waals surface area contributed by atoms with Crippen molar-refractivity contribution in [3.05, 3.63) is 48.0 Å². The Morgan fingerprint density at radius 3 is 2.67 bits per heavy atom. The van der Waals surface area contributed by atoms with Crippen molar-refractivity contribution in [3.63, 3.8) is 0 Å². The van der Waals surface area contributed by atoms with E-state index in [0.29, 0.717) is 18.8 Å². The normalized spacial score (nSPS) is 15.4. The minimum Gasteiger partial charge on any atom is -0.492 e. The van der Waals surface area contributed by atoms with E-state index < -0.39 is 15.9 Å². The van der Waals surface area contributed by atoms with E-state index in [2.05, 4.69) is 10.3 Å². The Morgan fingerprint density at radius 1 is 1.26 bits per heavy atom. The second-order valence-corrected chi connectivity index (χ2v) is 8.99. The minimum atomic E-state index is -3.59. The summed E-state index contributed by atoms with van der Waals surface area (Å²) < 4.78 is 44.8. The predicted molar refractivity (Wildman–Crippen MR) is 101 cm³/mol. The molecule has 2 heterocycles. The zero-order valence-corrected chi connectivity index (χ0v) is 16.1. The lowest BCUT2D eigenvalue weighted by molar-refractivity contribution is 0.0942. The number of aromatic amines is 1. The molecule has 1 aliphatic heterocycles. The summed E-state index contributed by atoms with van der Waals surface area (Å²) in [4.78, 5) is 15.0. The van der Waals surface area contributed by atoms with Gasteiger partial charge < -0.3 is 15.0 Å². The Labute approximate surface area is 161 Å². The summed E-state index contributed by atoms with van der Waals surface area (Å²) in [5.41, 5.74) is 0.168. The van der Waals surface area contributed by atoms with Gasteiger partial charge >= 0.3 is 0 Å². The van der Waals surface area contributed by atoms with E-state index in [-0.39, 0.29) is 29.6 Å². The first-order valence-electron chi connectivity index (χ1n) is 8.40. The number of ether oxygens (including phenoxy) is 1. The molecule has 1 saturated heterocycles. The number of amides is 1. The largest absolute Gasteiger partial charge is 0.492 e. The van der Waals surface area contributed by atoms with Crippen molar-refractivity contribution in [1.82, 2.24) is 14.6 Å². The molecule has 2 aromatic rings. The lowest BCUT2D eigenvalue weighted by Crippen LogP contribution is -2.37. The average molecular weight is 413 g/mol. The molecule has 2 N–H and O–H groups in total. The van der Waals surface area contributed by atoms with Gasteiger partial charge in [-0.2, -0.15) is 16.1 Å². The van der Waals surface area contributed by atoms with Crippen LogP contribution in [0.15, 0.2) is 41.4 Å². The number of halogens is 1. The number of carbonyl (C=O) groups is 1. The number of nitrogens with zero attached hydrogens (tertiary/aromatic N) is 1. The number of sulfonamides is 1. The highest BCUT2D eigenvalue weighted by Gasteiger charge is 2.27. The molecule has 0 radical (unpaired) electrons. The van der Waals surface area contributed by atoms with E-state index in [1.165, 1.54) is 40.8 Å². The van der Waals surface area contributed by atoms with E-state index in [1.807, 2.05) is 0 Å². The molecular weight excluding hydrogens is 393 g/mol. The summed E-state index contributed by atoms with van der Waals surface area (Å²) in [7, 11) is -3.59. The number of hydrogen-bond acceptors (Lipinski definition) is 5. The number of H-pyrrole nitrogens is 1. The van der Waals surface area contributed by atoms with Crippen molar-refractivity contribution in [2.24, 2.45) is 0 Å². The fourth-order valence-electron chi connectivity index (χ4n) is 2.55. The Morgan fingerprint density at radius 2 is 1.96 bits per heavy atom. The maximum absolute atomic E-state index is 12.8. The first kappa shape index (κ1) is 19.7. The molecule has 0 saturated carbocycles. The third kappa shape index (κ3) is 5.02. The molecule has 3 rings (SSSR count). The van der Waals surface area contributed by atoms with Gasteiger partial charge in [0.15, 0.2) is 0 Å². The van der Waals surface area contributed by atoms with Gasteiger partial charge in [0.05, 0.1) is 6.54 Å². The monoisotopic (exact) mass is 413 g/mol. The van der Waals surface area contributed by atoms with Crippen LogP contribution in [0.25, 0.3) is 0 Å². The molecule has 0 bridgehead atoms. The average Bonchev–Trinajstić information content (AvgIpc) is 3.18. The van der Waals surface area contributed by atoms with Crippen molar-refractivity contribution in [3.8, 4) is 5.75 Å². The predicted octanol–water partition coefficient (Wildman–Crippen LogP) is 1.70. The van der Waals surface area contributed by atoms with Gasteiger partial charge in [-0.1, -0.05) is 0 Å². The number of aromatic nitrogens is 1. The van der Waals surface area contributed by atoms with Crippen molar-refractivity contribution < 1.29 is 22.3 Å². The Kier molecular flexibility index (Phi) is 6.40. The molecule has 1 aromatic carbocycles. The van der Waals surface area contributed by atoms with Crippen LogP contribution in [-0.2, 0) is 10.0 Å². The summed E-state index contributed by atoms with van der Waals surface area (Å²) >= 11 is 1.72. The van der Waals surface area contributed by atoms with E-state index in [4.69, 9.17) is 4.74 Å². The smallest absolute Gasteiger partial charge is 0.267 e. The van der Waals surface area contributed by atoms with Gasteiger partial charge in [0, 0.05) is 30.8 Å². The fraction of sp³-hybridized carbons (Fsp3) is 0.353. The van der Waals surface area contributed by atoms with Gasteiger partial charge in [-0.15, -0.1) is 0 Å². The molecule has 1 fully saturated rings. The highest BCUT2D eigenvalue weighted by atomic mass is 32.2. The van der Waals surface area contributed by atoms with Crippen LogP contribution in [0, 0.1) is 5.82 Å². The highest BCUT2D eigenvalue weighted by molar-refractivity contribution is 7.99. The third-order valence-corrected chi connectivity index (χ3v) is 6.80. The Hall–Kier alpha value is -2.04. The van der Waals surface area contributed by atoms with Crippen LogP contribution >= 0.6 is 11.8 Å². The molecule has 10 heteroatoms. The lowest BCUT2D eigenvalue weighted by Gasteiger charge is -2.24. The maximum atomic E-state index is 12.8. The molecule has 27 heavy (non-hydrogen) atoms. The number of hydrogen-bond donors (Lipinski definition) is 2. The summed E-state index contributed by atoms with van der Waals surface area (Å²) in [5.74, 6) is 1.26. The molecule has 0 spiro atoms. The standard InChI is InChI=1S/C17H20FN3O4S2/c18-13-1-3-14(4-2-13)25-8-5-19-17(22)16-11-15(12-20-16)27(23,24)21-6-9-26-10-7-21/h1-4,11-12,20H,5-10H2,(H,19,22). The molecule has 1 aliphatic rings. The number of nitrogens with one attached hydrogen (secondary N) is 2. The number of rotatable bonds is 7. The number of carbonyl (C=O) groups excluding carboxylic acids is 1. The molecule has 0 aliphatic carbocycles. The van der Waals surface area contributed by atoms with Gasteiger partial charge in [-0.25, -0.2) is 12.8 Å². The lowest BCUT2D eigenvalue weighted by atomic mass is 10.3. The summed E-state index contributed by atoms with van der Waals surface area (Å²) in [6, 6.07) is 6.91. The van der Waals surface area contributed by atoms with Gasteiger partial charge in [0.2, 0.25) is 10.0 Å². The van der Waals surface area contributed by atoms with Crippen molar-refractivity contribution >= 4 is 27.7 Å². The second kappa shape index (κ2) is 8.77. The van der Waals surface area contributed by atoms with Crippen LogP contribution < -0.4 is 10.1 Å².